The molecule has 0 bridgehead atoms. The van der Waals surface area contributed by atoms with Gasteiger partial charge in [-0.2, -0.15) is 0 Å². The second-order valence-corrected chi connectivity index (χ2v) is 5.49. The molecule has 0 radical (unpaired) electrons. The largest absolute Gasteiger partial charge is 0.497 e. The van der Waals surface area contributed by atoms with Crippen LogP contribution in [0, 0.1) is 0 Å². The van der Waals surface area contributed by atoms with Gasteiger partial charge in [0, 0.05) is 24.7 Å². The topological polar surface area (TPSA) is 21.7 Å². The quantitative estimate of drug-likeness (QED) is 0.803. The maximum atomic E-state index is 5.90. The summed E-state index contributed by atoms with van der Waals surface area (Å²) in [6.07, 6.45) is 0.307. The predicted molar refractivity (Wildman–Crippen MR) is 68.7 cm³/mol. The van der Waals surface area contributed by atoms with Crippen LogP contribution in [-0.4, -0.2) is 36.7 Å². The molecule has 2 rings (SSSR count). The summed E-state index contributed by atoms with van der Waals surface area (Å²) in [6.45, 7) is 8.69. The van der Waals surface area contributed by atoms with E-state index >= 15 is 0 Å². The number of likely N-dealkylation sites (tertiary alicyclic amines) is 1. The lowest BCUT2D eigenvalue weighted by Gasteiger charge is -2.47. The number of rotatable bonds is 3. The molecule has 0 saturated carbocycles. The lowest BCUT2D eigenvalue weighted by molar-refractivity contribution is -0.0350. The van der Waals surface area contributed by atoms with Crippen LogP contribution >= 0.6 is 0 Å². The van der Waals surface area contributed by atoms with E-state index in [0.29, 0.717) is 6.10 Å². The Morgan fingerprint density at radius 2 is 1.82 bits per heavy atom. The van der Waals surface area contributed by atoms with E-state index in [0.717, 1.165) is 24.6 Å². The first kappa shape index (κ1) is 12.2. The van der Waals surface area contributed by atoms with Crippen LogP contribution in [0.3, 0.4) is 0 Å². The summed E-state index contributed by atoms with van der Waals surface area (Å²) in [5.74, 6) is 1.73. The van der Waals surface area contributed by atoms with Crippen molar-refractivity contribution in [3.8, 4) is 11.5 Å². The van der Waals surface area contributed by atoms with Crippen molar-refractivity contribution in [3.63, 3.8) is 0 Å². The van der Waals surface area contributed by atoms with E-state index in [2.05, 4.69) is 25.7 Å². The summed E-state index contributed by atoms with van der Waals surface area (Å²) in [7, 11) is 1.67. The number of nitrogens with zero attached hydrogens (tertiary/aromatic N) is 1. The van der Waals surface area contributed by atoms with Crippen molar-refractivity contribution in [2.24, 2.45) is 0 Å². The molecule has 3 heteroatoms. The monoisotopic (exact) mass is 235 g/mol. The van der Waals surface area contributed by atoms with E-state index in [1.165, 1.54) is 0 Å². The molecule has 1 aliphatic heterocycles. The van der Waals surface area contributed by atoms with Gasteiger partial charge in [0.1, 0.15) is 17.6 Å². The third-order valence-electron chi connectivity index (χ3n) is 3.14. The summed E-state index contributed by atoms with van der Waals surface area (Å²) < 4.78 is 11.1. The molecule has 94 valence electrons. The van der Waals surface area contributed by atoms with Crippen LogP contribution in [0.15, 0.2) is 24.3 Å². The molecule has 0 N–H and O–H groups in total. The molecule has 0 aliphatic carbocycles. The maximum absolute atomic E-state index is 5.90. The molecule has 0 spiro atoms. The van der Waals surface area contributed by atoms with Crippen LogP contribution in [0.25, 0.3) is 0 Å². The molecule has 1 heterocycles. The van der Waals surface area contributed by atoms with Crippen molar-refractivity contribution in [3.05, 3.63) is 24.3 Å². The average molecular weight is 235 g/mol. The minimum absolute atomic E-state index is 0.244. The minimum Gasteiger partial charge on any atom is -0.497 e. The fourth-order valence-electron chi connectivity index (χ4n) is 1.93. The highest BCUT2D eigenvalue weighted by atomic mass is 16.5. The molecular formula is C14H21NO2. The lowest BCUT2D eigenvalue weighted by atomic mass is 9.99. The Bertz CT molecular complexity index is 378. The Morgan fingerprint density at radius 1 is 1.18 bits per heavy atom. The molecule has 1 aromatic rings. The van der Waals surface area contributed by atoms with Crippen LogP contribution in [-0.2, 0) is 0 Å². The van der Waals surface area contributed by atoms with E-state index in [-0.39, 0.29) is 5.54 Å². The van der Waals surface area contributed by atoms with E-state index in [1.54, 1.807) is 7.11 Å². The zero-order valence-corrected chi connectivity index (χ0v) is 11.1. The van der Waals surface area contributed by atoms with E-state index in [4.69, 9.17) is 9.47 Å². The van der Waals surface area contributed by atoms with Crippen LogP contribution in [0.2, 0.25) is 0 Å². The zero-order chi connectivity index (χ0) is 12.5. The van der Waals surface area contributed by atoms with Gasteiger partial charge in [0.2, 0.25) is 0 Å². The van der Waals surface area contributed by atoms with Crippen molar-refractivity contribution in [2.75, 3.05) is 20.2 Å². The minimum atomic E-state index is 0.244. The zero-order valence-electron chi connectivity index (χ0n) is 11.1. The van der Waals surface area contributed by atoms with Crippen LogP contribution in [0.4, 0.5) is 0 Å². The van der Waals surface area contributed by atoms with E-state index < -0.39 is 0 Å². The molecule has 3 nitrogen and oxygen atoms in total. The number of benzene rings is 1. The normalized spacial score (nSPS) is 17.6. The van der Waals surface area contributed by atoms with Crippen molar-refractivity contribution >= 4 is 0 Å². The van der Waals surface area contributed by atoms with Gasteiger partial charge >= 0.3 is 0 Å². The second kappa shape index (κ2) is 4.57. The third-order valence-corrected chi connectivity index (χ3v) is 3.14. The summed E-state index contributed by atoms with van der Waals surface area (Å²) in [6, 6.07) is 7.78. The number of ether oxygens (including phenoxy) is 2. The summed E-state index contributed by atoms with van der Waals surface area (Å²) in [4.78, 5) is 2.41. The fraction of sp³-hybridized carbons (Fsp3) is 0.571. The molecule has 1 aromatic carbocycles. The Labute approximate surface area is 103 Å². The summed E-state index contributed by atoms with van der Waals surface area (Å²) >= 11 is 0. The van der Waals surface area contributed by atoms with Gasteiger partial charge in [-0.3, -0.25) is 4.90 Å². The van der Waals surface area contributed by atoms with Gasteiger partial charge in [-0.1, -0.05) is 6.07 Å². The highest BCUT2D eigenvalue weighted by molar-refractivity contribution is 5.33. The van der Waals surface area contributed by atoms with Crippen molar-refractivity contribution in [1.82, 2.24) is 4.90 Å². The predicted octanol–water partition coefficient (Wildman–Crippen LogP) is 2.56. The molecule has 0 amide bonds. The SMILES string of the molecule is COc1cccc(OC2CN(C(C)(C)C)C2)c1. The van der Waals surface area contributed by atoms with Crippen LogP contribution in [0.1, 0.15) is 20.8 Å². The van der Waals surface area contributed by atoms with Gasteiger partial charge in [-0.25, -0.2) is 0 Å². The van der Waals surface area contributed by atoms with E-state index in [1.807, 2.05) is 24.3 Å². The number of hydrogen-bond donors (Lipinski definition) is 0. The van der Waals surface area contributed by atoms with Gasteiger partial charge in [-0.15, -0.1) is 0 Å². The molecule has 1 aliphatic rings. The van der Waals surface area contributed by atoms with E-state index in [9.17, 15) is 0 Å². The number of hydrogen-bond acceptors (Lipinski definition) is 3. The molecule has 0 atom stereocenters. The van der Waals surface area contributed by atoms with Gasteiger partial charge in [0.25, 0.3) is 0 Å². The molecule has 1 fully saturated rings. The molecular weight excluding hydrogens is 214 g/mol. The standard InChI is InChI=1S/C14H21NO2/c1-14(2,3)15-9-13(10-15)17-12-7-5-6-11(8-12)16-4/h5-8,13H,9-10H2,1-4H3. The molecule has 0 unspecified atom stereocenters. The first-order chi connectivity index (χ1) is 7.99. The summed E-state index contributed by atoms with van der Waals surface area (Å²) in [5, 5.41) is 0. The highest BCUT2D eigenvalue weighted by Gasteiger charge is 2.35. The highest BCUT2D eigenvalue weighted by Crippen LogP contribution is 2.26. The van der Waals surface area contributed by atoms with Gasteiger partial charge in [0.05, 0.1) is 7.11 Å². The Morgan fingerprint density at radius 3 is 2.41 bits per heavy atom. The first-order valence-corrected chi connectivity index (χ1v) is 6.05. The van der Waals surface area contributed by atoms with Gasteiger partial charge in [0.15, 0.2) is 0 Å². The fourth-order valence-corrected chi connectivity index (χ4v) is 1.93. The number of methoxy groups -OCH3 is 1. The third kappa shape index (κ3) is 2.91. The smallest absolute Gasteiger partial charge is 0.124 e. The molecule has 0 aromatic heterocycles. The van der Waals surface area contributed by atoms with Gasteiger partial charge in [-0.05, 0) is 32.9 Å². The second-order valence-electron chi connectivity index (χ2n) is 5.49. The first-order valence-electron chi connectivity index (χ1n) is 6.05. The molecule has 1 saturated heterocycles. The van der Waals surface area contributed by atoms with Crippen molar-refractivity contribution in [1.29, 1.82) is 0 Å². The maximum Gasteiger partial charge on any atom is 0.124 e. The Balaban J connectivity index is 1.87. The van der Waals surface area contributed by atoms with Crippen LogP contribution < -0.4 is 9.47 Å². The van der Waals surface area contributed by atoms with Gasteiger partial charge < -0.3 is 9.47 Å². The average Bonchev–Trinajstić information content (AvgIpc) is 2.21. The lowest BCUT2D eigenvalue weighted by Crippen LogP contribution is -2.60. The Hall–Kier alpha value is -1.22. The summed E-state index contributed by atoms with van der Waals surface area (Å²) in [5.41, 5.74) is 0.244. The van der Waals surface area contributed by atoms with Crippen molar-refractivity contribution < 1.29 is 9.47 Å². The van der Waals surface area contributed by atoms with Crippen LogP contribution in [0.5, 0.6) is 11.5 Å². The van der Waals surface area contributed by atoms with Crippen molar-refractivity contribution in [2.45, 2.75) is 32.4 Å². The Kier molecular flexibility index (Phi) is 3.29. The molecule has 17 heavy (non-hydrogen) atoms.